The van der Waals surface area contributed by atoms with Crippen molar-refractivity contribution >= 4 is 29.1 Å². The Morgan fingerprint density at radius 3 is 2.53 bits per heavy atom. The van der Waals surface area contributed by atoms with Crippen LogP contribution in [-0.4, -0.2) is 28.8 Å². The SMILES string of the molecule is COc1c(Cl)c(C)nn1C[C@H]1CC[C@H](NC(=O)c2cc(C(F)(F)F)ccc2Cl)CC1. The Morgan fingerprint density at radius 1 is 1.27 bits per heavy atom. The number of amides is 1. The second kappa shape index (κ2) is 9.06. The lowest BCUT2D eigenvalue weighted by Gasteiger charge is -2.29. The second-order valence-corrected chi connectivity index (χ2v) is 8.26. The first-order chi connectivity index (χ1) is 14.1. The van der Waals surface area contributed by atoms with Gasteiger partial charge in [0.2, 0.25) is 5.88 Å². The Bertz CT molecular complexity index is 923. The van der Waals surface area contributed by atoms with Crippen LogP contribution in [0.2, 0.25) is 10.0 Å². The standard InChI is InChI=1S/C20H22Cl2F3N3O2/c1-11-17(22)19(30-2)28(27-11)10-12-3-6-14(7-4-12)26-18(29)15-9-13(20(23,24)25)5-8-16(15)21/h5,8-9,12,14H,3-4,6-7,10H2,1-2H3,(H,26,29)/t12-,14-. The summed E-state index contributed by atoms with van der Waals surface area (Å²) < 4.78 is 45.9. The largest absolute Gasteiger partial charge is 0.480 e. The first-order valence-corrected chi connectivity index (χ1v) is 10.3. The van der Waals surface area contributed by atoms with Crippen molar-refractivity contribution in [3.8, 4) is 5.88 Å². The van der Waals surface area contributed by atoms with Crippen LogP contribution in [0.5, 0.6) is 5.88 Å². The highest BCUT2D eigenvalue weighted by Crippen LogP contribution is 2.33. The number of benzene rings is 1. The maximum atomic E-state index is 12.9. The van der Waals surface area contributed by atoms with Crippen LogP contribution < -0.4 is 10.1 Å². The van der Waals surface area contributed by atoms with Crippen molar-refractivity contribution in [3.63, 3.8) is 0 Å². The van der Waals surface area contributed by atoms with Gasteiger partial charge in [-0.25, -0.2) is 4.68 Å². The minimum Gasteiger partial charge on any atom is -0.480 e. The van der Waals surface area contributed by atoms with Gasteiger partial charge < -0.3 is 10.1 Å². The van der Waals surface area contributed by atoms with E-state index in [4.69, 9.17) is 27.9 Å². The number of aromatic nitrogens is 2. The molecule has 1 aliphatic carbocycles. The van der Waals surface area contributed by atoms with Crippen molar-refractivity contribution in [2.75, 3.05) is 7.11 Å². The van der Waals surface area contributed by atoms with Gasteiger partial charge in [0.25, 0.3) is 5.91 Å². The predicted octanol–water partition coefficient (Wildman–Crippen LogP) is 5.51. The highest BCUT2D eigenvalue weighted by atomic mass is 35.5. The van der Waals surface area contributed by atoms with Crippen LogP contribution in [0.15, 0.2) is 18.2 Å². The zero-order valence-electron chi connectivity index (χ0n) is 16.5. The molecule has 1 fully saturated rings. The summed E-state index contributed by atoms with van der Waals surface area (Å²) in [5, 5.41) is 7.71. The number of rotatable bonds is 5. The number of nitrogens with one attached hydrogen (secondary N) is 1. The van der Waals surface area contributed by atoms with Crippen LogP contribution in [0.3, 0.4) is 0 Å². The Kier molecular flexibility index (Phi) is 6.87. The molecule has 10 heteroatoms. The van der Waals surface area contributed by atoms with E-state index < -0.39 is 17.6 Å². The van der Waals surface area contributed by atoms with Crippen LogP contribution in [0.1, 0.15) is 47.3 Å². The molecule has 30 heavy (non-hydrogen) atoms. The molecule has 1 heterocycles. The Balaban J connectivity index is 1.59. The molecule has 1 aromatic heterocycles. The maximum absolute atomic E-state index is 12.9. The zero-order valence-corrected chi connectivity index (χ0v) is 18.0. The van der Waals surface area contributed by atoms with Gasteiger partial charge in [-0.15, -0.1) is 0 Å². The quantitative estimate of drug-likeness (QED) is 0.635. The average molecular weight is 464 g/mol. The van der Waals surface area contributed by atoms with Crippen LogP contribution in [0, 0.1) is 12.8 Å². The zero-order chi connectivity index (χ0) is 22.1. The van der Waals surface area contributed by atoms with E-state index in [9.17, 15) is 18.0 Å². The number of alkyl halides is 3. The summed E-state index contributed by atoms with van der Waals surface area (Å²) in [5.41, 5.74) is -0.365. The Labute approximate surface area is 182 Å². The number of halogens is 5. The molecule has 0 aliphatic heterocycles. The molecule has 0 saturated heterocycles. The molecule has 5 nitrogen and oxygen atoms in total. The third-order valence-corrected chi connectivity index (χ3v) is 6.12. The lowest BCUT2D eigenvalue weighted by molar-refractivity contribution is -0.137. The predicted molar refractivity (Wildman–Crippen MR) is 108 cm³/mol. The smallest absolute Gasteiger partial charge is 0.416 e. The number of nitrogens with zero attached hydrogens (tertiary/aromatic N) is 2. The van der Waals surface area contributed by atoms with Gasteiger partial charge in [0.1, 0.15) is 5.02 Å². The topological polar surface area (TPSA) is 56.1 Å². The molecule has 0 atom stereocenters. The first kappa shape index (κ1) is 22.7. The number of hydrogen-bond donors (Lipinski definition) is 1. The van der Waals surface area contributed by atoms with Crippen LogP contribution in [0.25, 0.3) is 0 Å². The number of methoxy groups -OCH3 is 1. The van der Waals surface area contributed by atoms with E-state index >= 15 is 0 Å². The average Bonchev–Trinajstić information content (AvgIpc) is 2.95. The molecule has 0 unspecified atom stereocenters. The Hall–Kier alpha value is -1.93. The van der Waals surface area contributed by atoms with Crippen LogP contribution in [-0.2, 0) is 12.7 Å². The van der Waals surface area contributed by atoms with Crippen molar-refractivity contribution in [2.24, 2.45) is 5.92 Å². The molecule has 1 N–H and O–H groups in total. The molecule has 0 radical (unpaired) electrons. The van der Waals surface area contributed by atoms with E-state index in [1.54, 1.807) is 11.8 Å². The highest BCUT2D eigenvalue weighted by Gasteiger charge is 2.32. The van der Waals surface area contributed by atoms with E-state index in [1.165, 1.54) is 0 Å². The summed E-state index contributed by atoms with van der Waals surface area (Å²) in [5.74, 6) is 0.272. The molecule has 1 saturated carbocycles. The van der Waals surface area contributed by atoms with Gasteiger partial charge in [-0.3, -0.25) is 4.79 Å². The molecule has 0 bridgehead atoms. The third-order valence-electron chi connectivity index (χ3n) is 5.36. The van der Waals surface area contributed by atoms with Crippen LogP contribution >= 0.6 is 23.2 Å². The molecule has 3 rings (SSSR count). The first-order valence-electron chi connectivity index (χ1n) is 9.54. The summed E-state index contributed by atoms with van der Waals surface area (Å²) >= 11 is 12.1. The molecular formula is C20H22Cl2F3N3O2. The molecule has 0 spiro atoms. The van der Waals surface area contributed by atoms with Gasteiger partial charge in [-0.05, 0) is 56.7 Å². The molecule has 2 aromatic rings. The van der Waals surface area contributed by atoms with Gasteiger partial charge in [0.15, 0.2) is 0 Å². The third kappa shape index (κ3) is 5.03. The van der Waals surface area contributed by atoms with E-state index in [0.29, 0.717) is 41.9 Å². The van der Waals surface area contributed by atoms with Gasteiger partial charge in [0, 0.05) is 12.6 Å². The fourth-order valence-corrected chi connectivity index (χ4v) is 4.15. The molecule has 1 aliphatic rings. The maximum Gasteiger partial charge on any atom is 0.416 e. The lowest BCUT2D eigenvalue weighted by Crippen LogP contribution is -2.38. The van der Waals surface area contributed by atoms with Crippen molar-refractivity contribution in [1.82, 2.24) is 15.1 Å². The lowest BCUT2D eigenvalue weighted by atomic mass is 9.86. The molecule has 1 amide bonds. The summed E-state index contributed by atoms with van der Waals surface area (Å²) in [7, 11) is 1.55. The Morgan fingerprint density at radius 2 is 1.93 bits per heavy atom. The number of ether oxygens (including phenoxy) is 1. The van der Waals surface area contributed by atoms with E-state index in [2.05, 4.69) is 10.4 Å². The summed E-state index contributed by atoms with van der Waals surface area (Å²) in [4.78, 5) is 12.5. The van der Waals surface area contributed by atoms with Crippen molar-refractivity contribution in [3.05, 3.63) is 45.1 Å². The fraction of sp³-hybridized carbons (Fsp3) is 0.500. The van der Waals surface area contributed by atoms with Gasteiger partial charge in [-0.2, -0.15) is 18.3 Å². The molecule has 1 aromatic carbocycles. The van der Waals surface area contributed by atoms with Gasteiger partial charge >= 0.3 is 6.18 Å². The fourth-order valence-electron chi connectivity index (χ4n) is 3.73. The summed E-state index contributed by atoms with van der Waals surface area (Å²) in [6.45, 7) is 2.46. The van der Waals surface area contributed by atoms with E-state index in [-0.39, 0.29) is 16.6 Å². The number of carbonyl (C=O) groups is 1. The number of aryl methyl sites for hydroxylation is 1. The van der Waals surface area contributed by atoms with Gasteiger partial charge in [-0.1, -0.05) is 23.2 Å². The summed E-state index contributed by atoms with van der Waals surface area (Å²) in [6, 6.07) is 2.63. The molecular weight excluding hydrogens is 442 g/mol. The highest BCUT2D eigenvalue weighted by molar-refractivity contribution is 6.34. The number of carbonyl (C=O) groups excluding carboxylic acids is 1. The minimum atomic E-state index is -4.54. The van der Waals surface area contributed by atoms with Crippen LogP contribution in [0.4, 0.5) is 13.2 Å². The van der Waals surface area contributed by atoms with Crippen molar-refractivity contribution < 1.29 is 22.7 Å². The van der Waals surface area contributed by atoms with Crippen molar-refractivity contribution in [1.29, 1.82) is 0 Å². The summed E-state index contributed by atoms with van der Waals surface area (Å²) in [6.07, 6.45) is -1.44. The van der Waals surface area contributed by atoms with Crippen molar-refractivity contribution in [2.45, 2.75) is 51.4 Å². The van der Waals surface area contributed by atoms with E-state index in [1.807, 2.05) is 6.92 Å². The van der Waals surface area contributed by atoms with E-state index in [0.717, 1.165) is 31.0 Å². The molecule has 164 valence electrons. The van der Waals surface area contributed by atoms with Gasteiger partial charge in [0.05, 0.1) is 29.0 Å². The second-order valence-electron chi connectivity index (χ2n) is 7.47. The monoisotopic (exact) mass is 463 g/mol. The number of hydrogen-bond acceptors (Lipinski definition) is 3. The minimum absolute atomic E-state index is 0.00721. The normalized spacial score (nSPS) is 19.6.